The molecular formula is C15H18O4. The predicted octanol–water partition coefficient (Wildman–Crippen LogP) is 1.10. The van der Waals surface area contributed by atoms with Crippen LogP contribution in [-0.4, -0.2) is 34.5 Å². The second-order valence-corrected chi connectivity index (χ2v) is 5.68. The van der Waals surface area contributed by atoms with Crippen molar-refractivity contribution in [2.75, 3.05) is 6.61 Å². The van der Waals surface area contributed by atoms with Crippen molar-refractivity contribution in [1.29, 1.82) is 0 Å². The van der Waals surface area contributed by atoms with Crippen LogP contribution in [0.2, 0.25) is 0 Å². The van der Waals surface area contributed by atoms with Crippen molar-refractivity contribution in [1.82, 2.24) is 0 Å². The summed E-state index contributed by atoms with van der Waals surface area (Å²) in [7, 11) is 0. The molecule has 0 bridgehead atoms. The van der Waals surface area contributed by atoms with Gasteiger partial charge in [0.25, 0.3) is 0 Å². The van der Waals surface area contributed by atoms with Crippen LogP contribution in [0, 0.1) is 11.8 Å². The Morgan fingerprint density at radius 3 is 2.95 bits per heavy atom. The van der Waals surface area contributed by atoms with Crippen molar-refractivity contribution < 1.29 is 19.7 Å². The van der Waals surface area contributed by atoms with Crippen LogP contribution in [-0.2, 0) is 9.53 Å². The third-order valence-corrected chi connectivity index (χ3v) is 4.76. The maximum absolute atomic E-state index is 11.7. The van der Waals surface area contributed by atoms with Crippen molar-refractivity contribution >= 4 is 5.97 Å². The van der Waals surface area contributed by atoms with E-state index in [4.69, 9.17) is 4.74 Å². The zero-order valence-electron chi connectivity index (χ0n) is 10.9. The lowest BCUT2D eigenvalue weighted by Crippen LogP contribution is -2.44. The second-order valence-electron chi connectivity index (χ2n) is 5.68. The molecule has 102 valence electrons. The van der Waals surface area contributed by atoms with Gasteiger partial charge in [0, 0.05) is 11.5 Å². The van der Waals surface area contributed by atoms with Crippen LogP contribution in [0.5, 0.6) is 0 Å². The molecule has 4 nitrogen and oxygen atoms in total. The summed E-state index contributed by atoms with van der Waals surface area (Å²) in [6, 6.07) is 0. The minimum atomic E-state index is -1.12. The summed E-state index contributed by atoms with van der Waals surface area (Å²) < 4.78 is 5.45. The van der Waals surface area contributed by atoms with Gasteiger partial charge in [-0.05, 0) is 25.3 Å². The number of hydrogen-bond donors (Lipinski definition) is 2. The Hall–Kier alpha value is -1.39. The number of fused-ring (bicyclic) bond motifs is 3. The number of aliphatic hydroxyl groups is 2. The van der Waals surface area contributed by atoms with Crippen LogP contribution in [0.4, 0.5) is 0 Å². The topological polar surface area (TPSA) is 66.8 Å². The first-order chi connectivity index (χ1) is 8.99. The third kappa shape index (κ3) is 1.56. The van der Waals surface area contributed by atoms with Crippen molar-refractivity contribution in [3.8, 4) is 0 Å². The Bertz CT molecular complexity index is 516. The number of hydrogen-bond acceptors (Lipinski definition) is 4. The van der Waals surface area contributed by atoms with Crippen LogP contribution in [0.15, 0.2) is 35.5 Å². The molecule has 4 unspecified atom stereocenters. The van der Waals surface area contributed by atoms with E-state index in [0.717, 1.165) is 5.57 Å². The number of rotatable bonds is 1. The minimum Gasteiger partial charge on any atom is -0.458 e. The first-order valence-corrected chi connectivity index (χ1v) is 6.58. The van der Waals surface area contributed by atoms with Gasteiger partial charge in [-0.25, -0.2) is 4.79 Å². The Balaban J connectivity index is 2.09. The van der Waals surface area contributed by atoms with E-state index in [-0.39, 0.29) is 30.5 Å². The molecule has 3 aliphatic rings. The van der Waals surface area contributed by atoms with E-state index < -0.39 is 5.60 Å². The van der Waals surface area contributed by atoms with E-state index in [0.29, 0.717) is 24.0 Å². The van der Waals surface area contributed by atoms with Gasteiger partial charge < -0.3 is 14.9 Å². The number of aliphatic hydroxyl groups excluding tert-OH is 1. The first kappa shape index (κ1) is 12.6. The van der Waals surface area contributed by atoms with Crippen LogP contribution in [0.1, 0.15) is 19.8 Å². The van der Waals surface area contributed by atoms with Crippen LogP contribution < -0.4 is 0 Å². The average molecular weight is 262 g/mol. The normalized spacial score (nSPS) is 41.1. The standard InChI is InChI=1S/C15H18O4/c1-8-5-6-15(18)10(7-16)3-4-11-9(2)14(17)19-13(11)12(8)15/h3,5,11-13,16,18H,2,4,6-7H2,1H3. The molecule has 0 aromatic carbocycles. The predicted molar refractivity (Wildman–Crippen MR) is 69.1 cm³/mol. The fraction of sp³-hybridized carbons (Fsp3) is 0.533. The molecule has 1 fully saturated rings. The lowest BCUT2D eigenvalue weighted by Gasteiger charge is -2.35. The molecule has 4 heteroatoms. The highest BCUT2D eigenvalue weighted by Gasteiger charge is 2.55. The molecule has 0 amide bonds. The summed E-state index contributed by atoms with van der Waals surface area (Å²) in [5, 5.41) is 20.5. The van der Waals surface area contributed by atoms with Crippen molar-refractivity contribution in [2.45, 2.75) is 31.5 Å². The Morgan fingerprint density at radius 2 is 2.26 bits per heavy atom. The molecule has 3 rings (SSSR count). The Labute approximate surface area is 112 Å². The number of esters is 1. The fourth-order valence-corrected chi connectivity index (χ4v) is 3.66. The van der Waals surface area contributed by atoms with Gasteiger partial charge in [0.15, 0.2) is 0 Å². The number of carbonyl (C=O) groups is 1. The molecule has 0 saturated carbocycles. The monoisotopic (exact) mass is 262 g/mol. The van der Waals surface area contributed by atoms with Crippen LogP contribution in [0.25, 0.3) is 0 Å². The van der Waals surface area contributed by atoms with Gasteiger partial charge in [-0.15, -0.1) is 0 Å². The third-order valence-electron chi connectivity index (χ3n) is 4.76. The Morgan fingerprint density at radius 1 is 1.53 bits per heavy atom. The summed E-state index contributed by atoms with van der Waals surface area (Å²) in [5.74, 6) is -0.742. The number of allylic oxidation sites excluding steroid dienone is 1. The fourth-order valence-electron chi connectivity index (χ4n) is 3.66. The number of carbonyl (C=O) groups excluding carboxylic acids is 1. The molecule has 0 aromatic heterocycles. The zero-order chi connectivity index (χ0) is 13.8. The zero-order valence-corrected chi connectivity index (χ0v) is 10.9. The van der Waals surface area contributed by atoms with Gasteiger partial charge in [-0.1, -0.05) is 24.3 Å². The first-order valence-electron chi connectivity index (χ1n) is 6.58. The van der Waals surface area contributed by atoms with Crippen LogP contribution in [0.3, 0.4) is 0 Å². The minimum absolute atomic E-state index is 0.102. The largest absolute Gasteiger partial charge is 0.458 e. The van der Waals surface area contributed by atoms with Gasteiger partial charge >= 0.3 is 5.97 Å². The van der Waals surface area contributed by atoms with E-state index in [2.05, 4.69) is 6.58 Å². The second kappa shape index (κ2) is 4.05. The molecule has 1 heterocycles. The smallest absolute Gasteiger partial charge is 0.334 e. The molecule has 1 aliphatic heterocycles. The van der Waals surface area contributed by atoms with Gasteiger partial charge in [-0.3, -0.25) is 0 Å². The van der Waals surface area contributed by atoms with E-state index >= 15 is 0 Å². The quantitative estimate of drug-likeness (QED) is 0.422. The summed E-state index contributed by atoms with van der Waals surface area (Å²) in [6.45, 7) is 5.57. The molecule has 0 spiro atoms. The lowest BCUT2D eigenvalue weighted by atomic mass is 9.76. The molecule has 2 aliphatic carbocycles. The van der Waals surface area contributed by atoms with Crippen molar-refractivity contribution in [3.05, 3.63) is 35.5 Å². The summed E-state index contributed by atoms with van der Waals surface area (Å²) in [5.41, 5.74) is 0.996. The molecule has 2 N–H and O–H groups in total. The van der Waals surface area contributed by atoms with Gasteiger partial charge in [0.05, 0.1) is 12.5 Å². The average Bonchev–Trinajstić information content (AvgIpc) is 2.77. The van der Waals surface area contributed by atoms with E-state index in [1.165, 1.54) is 0 Å². The molecule has 19 heavy (non-hydrogen) atoms. The van der Waals surface area contributed by atoms with Crippen molar-refractivity contribution in [3.63, 3.8) is 0 Å². The Kier molecular flexibility index (Phi) is 2.69. The van der Waals surface area contributed by atoms with Crippen LogP contribution >= 0.6 is 0 Å². The van der Waals surface area contributed by atoms with Gasteiger partial charge in [0.2, 0.25) is 0 Å². The number of ether oxygens (including phenoxy) is 1. The molecule has 0 radical (unpaired) electrons. The van der Waals surface area contributed by atoms with Crippen molar-refractivity contribution in [2.24, 2.45) is 11.8 Å². The summed E-state index contributed by atoms with van der Waals surface area (Å²) in [6.07, 6.45) is 4.48. The van der Waals surface area contributed by atoms with Gasteiger partial charge in [0.1, 0.15) is 11.7 Å². The lowest BCUT2D eigenvalue weighted by molar-refractivity contribution is -0.143. The molecule has 1 saturated heterocycles. The SMILES string of the molecule is C=C1C(=O)OC2C1CC=C(CO)C1(O)CC=C(C)C21. The maximum Gasteiger partial charge on any atom is 0.334 e. The molecule has 0 aromatic rings. The summed E-state index contributed by atoms with van der Waals surface area (Å²) in [4.78, 5) is 11.7. The highest BCUT2D eigenvalue weighted by Crippen LogP contribution is 2.50. The molecule has 4 atom stereocenters. The van der Waals surface area contributed by atoms with Gasteiger partial charge in [-0.2, -0.15) is 0 Å². The highest BCUT2D eigenvalue weighted by atomic mass is 16.6. The highest BCUT2D eigenvalue weighted by molar-refractivity contribution is 5.91. The molecular weight excluding hydrogens is 244 g/mol. The van der Waals surface area contributed by atoms with E-state index in [1.807, 2.05) is 19.1 Å². The summed E-state index contributed by atoms with van der Waals surface area (Å²) >= 11 is 0. The van der Waals surface area contributed by atoms with E-state index in [9.17, 15) is 15.0 Å². The maximum atomic E-state index is 11.7. The van der Waals surface area contributed by atoms with E-state index in [1.54, 1.807) is 0 Å².